The minimum absolute atomic E-state index is 0.0664. The SMILES string of the molecule is CC/C=C\C/C=C\C/C=C\C/C=C\CCCCCCC(=O)NC(COP(=O)(O)OCC[N+](C)(C)C)C(O)CCCCCCCC. The summed E-state index contributed by atoms with van der Waals surface area (Å²) in [4.78, 5) is 22.8. The van der Waals surface area contributed by atoms with Crippen LogP contribution in [0.4, 0.5) is 0 Å². The van der Waals surface area contributed by atoms with E-state index in [4.69, 9.17) is 9.05 Å². The van der Waals surface area contributed by atoms with Gasteiger partial charge in [-0.25, -0.2) is 4.57 Å². The number of phosphoric ester groups is 1. The van der Waals surface area contributed by atoms with Crippen LogP contribution in [0.25, 0.3) is 0 Å². The van der Waals surface area contributed by atoms with Crippen LogP contribution in [0.3, 0.4) is 0 Å². The van der Waals surface area contributed by atoms with Crippen LogP contribution in [0.1, 0.15) is 123 Å². The van der Waals surface area contributed by atoms with E-state index in [1.165, 1.54) is 19.3 Å². The van der Waals surface area contributed by atoms with E-state index >= 15 is 0 Å². The highest BCUT2D eigenvalue weighted by molar-refractivity contribution is 7.47. The molecule has 0 fully saturated rings. The first kappa shape index (κ1) is 43.5. The molecule has 8 nitrogen and oxygen atoms in total. The zero-order valence-corrected chi connectivity index (χ0v) is 30.2. The molecule has 3 N–H and O–H groups in total. The molecular weight excluding hydrogens is 587 g/mol. The lowest BCUT2D eigenvalue weighted by molar-refractivity contribution is -0.870. The summed E-state index contributed by atoms with van der Waals surface area (Å²) in [6.45, 7) is 4.64. The standard InChI is InChI=1S/C36H67N2O6P/c1-6-8-10-12-14-15-16-17-18-19-20-21-22-23-24-26-28-30-36(40)37-34(35(39)29-27-25-13-11-9-7-2)33-44-45(41,42)43-32-31-38(3,4)5/h8,10,14-15,17-18,20-21,34-35,39H,6-7,9,11-13,16,19,22-33H2,1-5H3,(H-,37,40,41,42)/p+1/b10-8-,15-14-,18-17-,21-20-. The van der Waals surface area contributed by atoms with Crippen LogP contribution in [-0.2, 0) is 18.4 Å². The first-order valence-electron chi connectivity index (χ1n) is 17.5. The van der Waals surface area contributed by atoms with Crippen molar-refractivity contribution in [2.45, 2.75) is 135 Å². The third-order valence-corrected chi connectivity index (χ3v) is 8.33. The number of nitrogens with one attached hydrogen (secondary N) is 1. The molecule has 3 unspecified atom stereocenters. The Morgan fingerprint density at radius 3 is 1.96 bits per heavy atom. The molecule has 0 rings (SSSR count). The van der Waals surface area contributed by atoms with Crippen molar-refractivity contribution in [1.29, 1.82) is 0 Å². The molecule has 0 radical (unpaired) electrons. The number of hydrogen-bond donors (Lipinski definition) is 3. The second kappa shape index (κ2) is 28.7. The number of carbonyl (C=O) groups excluding carboxylic acids is 1. The highest BCUT2D eigenvalue weighted by atomic mass is 31.2. The Balaban J connectivity index is 4.43. The number of nitrogens with zero attached hydrogens (tertiary/aromatic N) is 1. The van der Waals surface area contributed by atoms with Gasteiger partial charge in [-0.15, -0.1) is 0 Å². The maximum atomic E-state index is 12.7. The molecule has 45 heavy (non-hydrogen) atoms. The number of likely N-dealkylation sites (N-methyl/N-ethyl adjacent to an activating group) is 1. The fraction of sp³-hybridized carbons (Fsp3) is 0.750. The molecule has 0 aliphatic rings. The number of aliphatic hydroxyl groups excluding tert-OH is 1. The van der Waals surface area contributed by atoms with Gasteiger partial charge in [-0.3, -0.25) is 13.8 Å². The Bertz CT molecular complexity index is 881. The van der Waals surface area contributed by atoms with Crippen molar-refractivity contribution in [2.24, 2.45) is 0 Å². The topological polar surface area (TPSA) is 105 Å². The van der Waals surface area contributed by atoms with Crippen molar-refractivity contribution >= 4 is 13.7 Å². The minimum atomic E-state index is -4.30. The number of phosphoric acid groups is 1. The number of hydrogen-bond acceptors (Lipinski definition) is 5. The van der Waals surface area contributed by atoms with Crippen LogP contribution in [-0.4, -0.2) is 73.4 Å². The first-order chi connectivity index (χ1) is 21.5. The Hall–Kier alpha value is -1.54. The highest BCUT2D eigenvalue weighted by Gasteiger charge is 2.28. The van der Waals surface area contributed by atoms with Crippen molar-refractivity contribution in [3.8, 4) is 0 Å². The number of allylic oxidation sites excluding steroid dienone is 8. The largest absolute Gasteiger partial charge is 0.472 e. The number of unbranched alkanes of at least 4 members (excludes halogenated alkanes) is 9. The maximum absolute atomic E-state index is 12.7. The lowest BCUT2D eigenvalue weighted by Gasteiger charge is -2.26. The van der Waals surface area contributed by atoms with Gasteiger partial charge in [-0.05, 0) is 51.4 Å². The smallest absolute Gasteiger partial charge is 0.391 e. The maximum Gasteiger partial charge on any atom is 0.472 e. The van der Waals surface area contributed by atoms with Gasteiger partial charge in [0.05, 0.1) is 39.9 Å². The highest BCUT2D eigenvalue weighted by Crippen LogP contribution is 2.43. The van der Waals surface area contributed by atoms with E-state index in [1.807, 2.05) is 21.1 Å². The molecular formula is C36H68N2O6P+. The minimum Gasteiger partial charge on any atom is -0.391 e. The van der Waals surface area contributed by atoms with Gasteiger partial charge in [0.15, 0.2) is 0 Å². The predicted octanol–water partition coefficient (Wildman–Crippen LogP) is 8.57. The van der Waals surface area contributed by atoms with E-state index in [0.717, 1.165) is 77.0 Å². The van der Waals surface area contributed by atoms with Gasteiger partial charge in [0.25, 0.3) is 0 Å². The van der Waals surface area contributed by atoms with Gasteiger partial charge in [-0.2, -0.15) is 0 Å². The molecule has 262 valence electrons. The molecule has 0 aromatic carbocycles. The van der Waals surface area contributed by atoms with Crippen LogP contribution in [0.5, 0.6) is 0 Å². The number of carbonyl (C=O) groups is 1. The van der Waals surface area contributed by atoms with Gasteiger partial charge < -0.3 is 19.8 Å². The third kappa shape index (κ3) is 30.9. The fourth-order valence-electron chi connectivity index (χ4n) is 4.50. The average molecular weight is 656 g/mol. The Labute approximate surface area is 276 Å². The third-order valence-electron chi connectivity index (χ3n) is 7.34. The Kier molecular flexibility index (Phi) is 27.7. The fourth-order valence-corrected chi connectivity index (χ4v) is 5.24. The molecule has 3 atom stereocenters. The average Bonchev–Trinajstić information content (AvgIpc) is 2.97. The lowest BCUT2D eigenvalue weighted by atomic mass is 10.0. The van der Waals surface area contributed by atoms with Gasteiger partial charge in [-0.1, -0.05) is 114 Å². The molecule has 0 aliphatic heterocycles. The van der Waals surface area contributed by atoms with Crippen molar-refractivity contribution in [3.63, 3.8) is 0 Å². The molecule has 1 amide bonds. The van der Waals surface area contributed by atoms with E-state index in [9.17, 15) is 19.4 Å². The Morgan fingerprint density at radius 1 is 0.778 bits per heavy atom. The quantitative estimate of drug-likeness (QED) is 0.0310. The monoisotopic (exact) mass is 655 g/mol. The summed E-state index contributed by atoms with van der Waals surface area (Å²) in [6, 6.07) is -0.770. The van der Waals surface area contributed by atoms with Gasteiger partial charge in [0.2, 0.25) is 5.91 Å². The summed E-state index contributed by atoms with van der Waals surface area (Å²) in [5.41, 5.74) is 0. The van der Waals surface area contributed by atoms with Crippen molar-refractivity contribution in [1.82, 2.24) is 5.32 Å². The first-order valence-corrected chi connectivity index (χ1v) is 19.0. The van der Waals surface area contributed by atoms with Crippen molar-refractivity contribution in [3.05, 3.63) is 48.6 Å². The zero-order valence-electron chi connectivity index (χ0n) is 29.3. The van der Waals surface area contributed by atoms with Crippen molar-refractivity contribution in [2.75, 3.05) is 40.9 Å². The number of amides is 1. The van der Waals surface area contributed by atoms with Crippen LogP contribution in [0.2, 0.25) is 0 Å². The van der Waals surface area contributed by atoms with E-state index in [-0.39, 0.29) is 19.1 Å². The number of quaternary nitrogens is 1. The number of aliphatic hydroxyl groups is 1. The molecule has 0 saturated carbocycles. The Morgan fingerprint density at radius 2 is 1.33 bits per heavy atom. The van der Waals surface area contributed by atoms with Gasteiger partial charge in [0, 0.05) is 6.42 Å². The molecule has 0 aromatic heterocycles. The zero-order chi connectivity index (χ0) is 33.7. The summed E-state index contributed by atoms with van der Waals surface area (Å²) in [6.07, 6.45) is 33.0. The second-order valence-corrected chi connectivity index (χ2v) is 14.3. The molecule has 0 aromatic rings. The van der Waals surface area contributed by atoms with Crippen LogP contribution < -0.4 is 5.32 Å². The lowest BCUT2D eigenvalue weighted by Crippen LogP contribution is -2.46. The van der Waals surface area contributed by atoms with E-state index < -0.39 is 20.0 Å². The predicted molar refractivity (Wildman–Crippen MR) is 189 cm³/mol. The van der Waals surface area contributed by atoms with E-state index in [0.29, 0.717) is 23.9 Å². The molecule has 0 bridgehead atoms. The molecule has 9 heteroatoms. The summed E-state index contributed by atoms with van der Waals surface area (Å²) in [5, 5.41) is 13.7. The summed E-state index contributed by atoms with van der Waals surface area (Å²) in [5.74, 6) is -0.178. The summed E-state index contributed by atoms with van der Waals surface area (Å²) in [7, 11) is 1.58. The normalized spacial score (nSPS) is 15.4. The van der Waals surface area contributed by atoms with Crippen molar-refractivity contribution < 1.29 is 32.9 Å². The van der Waals surface area contributed by atoms with E-state index in [1.54, 1.807) is 0 Å². The molecule has 0 spiro atoms. The summed E-state index contributed by atoms with van der Waals surface area (Å²) < 4.78 is 23.3. The van der Waals surface area contributed by atoms with Crippen LogP contribution in [0, 0.1) is 0 Å². The molecule has 0 saturated heterocycles. The van der Waals surface area contributed by atoms with Gasteiger partial charge >= 0.3 is 7.82 Å². The van der Waals surface area contributed by atoms with Gasteiger partial charge in [0.1, 0.15) is 13.2 Å². The number of rotatable bonds is 30. The molecule has 0 aliphatic carbocycles. The van der Waals surface area contributed by atoms with Crippen LogP contribution in [0.15, 0.2) is 48.6 Å². The summed E-state index contributed by atoms with van der Waals surface area (Å²) >= 11 is 0. The molecule has 0 heterocycles. The van der Waals surface area contributed by atoms with Crippen LogP contribution >= 0.6 is 7.82 Å². The van der Waals surface area contributed by atoms with E-state index in [2.05, 4.69) is 67.8 Å². The second-order valence-electron chi connectivity index (χ2n) is 12.9.